The molecule has 1 aromatic rings. The summed E-state index contributed by atoms with van der Waals surface area (Å²) in [5.41, 5.74) is 1.12. The van der Waals surface area contributed by atoms with Gasteiger partial charge in [-0.3, -0.25) is 4.99 Å². The lowest BCUT2D eigenvalue weighted by Crippen LogP contribution is -2.40. The quantitative estimate of drug-likeness (QED) is 0.203. The molecule has 0 aromatic heterocycles. The van der Waals surface area contributed by atoms with Crippen molar-refractivity contribution < 1.29 is 14.6 Å². The number of hydrogen-bond acceptors (Lipinski definition) is 4. The second kappa shape index (κ2) is 15.1. The number of rotatable bonds is 10. The van der Waals surface area contributed by atoms with Crippen molar-refractivity contribution in [3.63, 3.8) is 0 Å². The van der Waals surface area contributed by atoms with Crippen molar-refractivity contribution in [2.24, 2.45) is 10.9 Å². The molecule has 1 fully saturated rings. The zero-order chi connectivity index (χ0) is 18.5. The molecule has 0 amide bonds. The fraction of sp³-hybridized carbons (Fsp3) is 0.650. The standard InChI is InChI=1S/C20H33N3O3.HI/c1-21-20(23-14-19(15-24)18-6-3-2-4-7-18)22-10-5-11-26-16-17-8-12-25-13-9-17;/h2-4,6-7,17,19,24H,5,8-16H2,1H3,(H2,21,22,23);1H. The zero-order valence-electron chi connectivity index (χ0n) is 16.2. The smallest absolute Gasteiger partial charge is 0.191 e. The van der Waals surface area contributed by atoms with Crippen LogP contribution in [0.15, 0.2) is 35.3 Å². The first kappa shape index (κ1) is 24.1. The Kier molecular flexibility index (Phi) is 13.5. The molecular weight excluding hydrogens is 457 g/mol. The van der Waals surface area contributed by atoms with Crippen LogP contribution in [-0.2, 0) is 9.47 Å². The normalized spacial score (nSPS) is 16.4. The average Bonchev–Trinajstić information content (AvgIpc) is 2.71. The van der Waals surface area contributed by atoms with Crippen LogP contribution in [0.25, 0.3) is 0 Å². The number of aliphatic hydroxyl groups is 1. The molecule has 6 nitrogen and oxygen atoms in total. The summed E-state index contributed by atoms with van der Waals surface area (Å²) in [5.74, 6) is 1.46. The van der Waals surface area contributed by atoms with E-state index in [9.17, 15) is 5.11 Å². The van der Waals surface area contributed by atoms with E-state index in [-0.39, 0.29) is 36.5 Å². The van der Waals surface area contributed by atoms with Gasteiger partial charge < -0.3 is 25.2 Å². The molecule has 154 valence electrons. The number of hydrogen-bond donors (Lipinski definition) is 3. The number of aliphatic hydroxyl groups excluding tert-OH is 1. The summed E-state index contributed by atoms with van der Waals surface area (Å²) < 4.78 is 11.1. The lowest BCUT2D eigenvalue weighted by atomic mass is 10.0. The van der Waals surface area contributed by atoms with Gasteiger partial charge in [0.2, 0.25) is 0 Å². The summed E-state index contributed by atoms with van der Waals surface area (Å²) in [6.07, 6.45) is 3.16. The van der Waals surface area contributed by atoms with Gasteiger partial charge in [0, 0.05) is 52.5 Å². The first-order valence-electron chi connectivity index (χ1n) is 9.59. The van der Waals surface area contributed by atoms with E-state index in [1.54, 1.807) is 7.05 Å². The van der Waals surface area contributed by atoms with Gasteiger partial charge in [-0.25, -0.2) is 0 Å². The number of nitrogens with zero attached hydrogens (tertiary/aromatic N) is 1. The Hall–Kier alpha value is -0.900. The fourth-order valence-corrected chi connectivity index (χ4v) is 3.00. The first-order valence-corrected chi connectivity index (χ1v) is 9.59. The third kappa shape index (κ3) is 9.73. The third-order valence-electron chi connectivity index (χ3n) is 4.68. The number of guanidine groups is 1. The van der Waals surface area contributed by atoms with E-state index in [2.05, 4.69) is 15.6 Å². The van der Waals surface area contributed by atoms with E-state index in [1.165, 1.54) is 0 Å². The molecule has 7 heteroatoms. The van der Waals surface area contributed by atoms with Crippen molar-refractivity contribution in [3.05, 3.63) is 35.9 Å². The minimum absolute atomic E-state index is 0. The Balaban J connectivity index is 0.00000364. The van der Waals surface area contributed by atoms with Crippen LogP contribution >= 0.6 is 24.0 Å². The van der Waals surface area contributed by atoms with Crippen molar-refractivity contribution in [1.82, 2.24) is 10.6 Å². The van der Waals surface area contributed by atoms with E-state index in [1.807, 2.05) is 30.3 Å². The van der Waals surface area contributed by atoms with Gasteiger partial charge in [0.15, 0.2) is 5.96 Å². The summed E-state index contributed by atoms with van der Waals surface area (Å²) >= 11 is 0. The van der Waals surface area contributed by atoms with Crippen molar-refractivity contribution in [2.45, 2.75) is 25.2 Å². The number of nitrogens with one attached hydrogen (secondary N) is 2. The molecule has 1 aromatic carbocycles. The summed E-state index contributed by atoms with van der Waals surface area (Å²) in [6, 6.07) is 10.0. The predicted molar refractivity (Wildman–Crippen MR) is 120 cm³/mol. The molecule has 1 aliphatic heterocycles. The molecule has 0 radical (unpaired) electrons. The highest BCUT2D eigenvalue weighted by atomic mass is 127. The Morgan fingerprint density at radius 2 is 2.00 bits per heavy atom. The Morgan fingerprint density at radius 3 is 2.67 bits per heavy atom. The van der Waals surface area contributed by atoms with Crippen molar-refractivity contribution in [1.29, 1.82) is 0 Å². The van der Waals surface area contributed by atoms with Gasteiger partial charge in [-0.15, -0.1) is 24.0 Å². The minimum Gasteiger partial charge on any atom is -0.396 e. The van der Waals surface area contributed by atoms with E-state index < -0.39 is 0 Å². The molecule has 1 atom stereocenters. The summed E-state index contributed by atoms with van der Waals surface area (Å²) in [5, 5.41) is 16.2. The van der Waals surface area contributed by atoms with Gasteiger partial charge in [0.25, 0.3) is 0 Å². The number of ether oxygens (including phenoxy) is 2. The Labute approximate surface area is 180 Å². The highest BCUT2D eigenvalue weighted by Crippen LogP contribution is 2.15. The molecule has 2 rings (SSSR count). The van der Waals surface area contributed by atoms with Gasteiger partial charge in [0.05, 0.1) is 6.61 Å². The van der Waals surface area contributed by atoms with Crippen LogP contribution < -0.4 is 10.6 Å². The van der Waals surface area contributed by atoms with E-state index in [4.69, 9.17) is 9.47 Å². The second-order valence-corrected chi connectivity index (χ2v) is 6.65. The maximum absolute atomic E-state index is 9.62. The molecule has 1 heterocycles. The molecule has 0 bridgehead atoms. The van der Waals surface area contributed by atoms with Crippen LogP contribution in [0.5, 0.6) is 0 Å². The Morgan fingerprint density at radius 1 is 1.26 bits per heavy atom. The third-order valence-corrected chi connectivity index (χ3v) is 4.68. The molecule has 1 saturated heterocycles. The van der Waals surface area contributed by atoms with E-state index >= 15 is 0 Å². The van der Waals surface area contributed by atoms with Gasteiger partial charge in [-0.1, -0.05) is 30.3 Å². The SMILES string of the molecule is CN=C(NCCCOCC1CCOCC1)NCC(CO)c1ccccc1.I. The van der Waals surface area contributed by atoms with E-state index in [0.717, 1.165) is 63.8 Å². The second-order valence-electron chi connectivity index (χ2n) is 6.65. The maximum Gasteiger partial charge on any atom is 0.191 e. The van der Waals surface area contributed by atoms with Crippen molar-refractivity contribution in [2.75, 3.05) is 53.2 Å². The minimum atomic E-state index is 0. The van der Waals surface area contributed by atoms with Crippen molar-refractivity contribution >= 4 is 29.9 Å². The molecule has 0 saturated carbocycles. The topological polar surface area (TPSA) is 75.1 Å². The first-order chi connectivity index (χ1) is 12.8. The molecule has 1 aliphatic rings. The maximum atomic E-state index is 9.62. The molecule has 27 heavy (non-hydrogen) atoms. The number of aliphatic imine (C=N–C) groups is 1. The zero-order valence-corrected chi connectivity index (χ0v) is 18.6. The largest absolute Gasteiger partial charge is 0.396 e. The molecular formula is C20H34IN3O3. The van der Waals surface area contributed by atoms with Crippen LogP contribution in [0, 0.1) is 5.92 Å². The Bertz CT molecular complexity index is 510. The van der Waals surface area contributed by atoms with Crippen LogP contribution in [0.1, 0.15) is 30.7 Å². The van der Waals surface area contributed by atoms with Gasteiger partial charge in [0.1, 0.15) is 0 Å². The summed E-state index contributed by atoms with van der Waals surface area (Å²) in [4.78, 5) is 4.24. The van der Waals surface area contributed by atoms with Crippen LogP contribution in [0.4, 0.5) is 0 Å². The highest BCUT2D eigenvalue weighted by Gasteiger charge is 2.13. The number of halogens is 1. The number of benzene rings is 1. The fourth-order valence-electron chi connectivity index (χ4n) is 3.00. The molecule has 3 N–H and O–H groups in total. The van der Waals surface area contributed by atoms with Gasteiger partial charge >= 0.3 is 0 Å². The van der Waals surface area contributed by atoms with Crippen LogP contribution in [0.2, 0.25) is 0 Å². The van der Waals surface area contributed by atoms with Crippen LogP contribution in [-0.4, -0.2) is 64.2 Å². The monoisotopic (exact) mass is 491 g/mol. The van der Waals surface area contributed by atoms with E-state index in [0.29, 0.717) is 12.5 Å². The molecule has 0 spiro atoms. The van der Waals surface area contributed by atoms with Gasteiger partial charge in [-0.05, 0) is 30.7 Å². The lowest BCUT2D eigenvalue weighted by Gasteiger charge is -2.21. The average molecular weight is 491 g/mol. The predicted octanol–water partition coefficient (Wildman–Crippen LogP) is 2.38. The summed E-state index contributed by atoms with van der Waals surface area (Å²) in [7, 11) is 1.76. The molecule has 1 unspecified atom stereocenters. The van der Waals surface area contributed by atoms with Gasteiger partial charge in [-0.2, -0.15) is 0 Å². The highest BCUT2D eigenvalue weighted by molar-refractivity contribution is 14.0. The lowest BCUT2D eigenvalue weighted by molar-refractivity contribution is 0.0203. The molecule has 0 aliphatic carbocycles. The summed E-state index contributed by atoms with van der Waals surface area (Å²) in [6.45, 7) is 4.89. The van der Waals surface area contributed by atoms with Crippen molar-refractivity contribution in [3.8, 4) is 0 Å². The van der Waals surface area contributed by atoms with Crippen LogP contribution in [0.3, 0.4) is 0 Å².